The van der Waals surface area contributed by atoms with Crippen LogP contribution < -0.4 is 4.74 Å². The van der Waals surface area contributed by atoms with Crippen LogP contribution in [0.5, 0.6) is 5.75 Å². The minimum Gasteiger partial charge on any atom is -0.491 e. The summed E-state index contributed by atoms with van der Waals surface area (Å²) in [5.41, 5.74) is 0.224. The maximum atomic E-state index is 12.4. The number of nitrogens with zero attached hydrogens (tertiary/aromatic N) is 1. The average molecular weight is 317 g/mol. The number of hydrogen-bond acceptors (Lipinski definition) is 5. The molecule has 6 nitrogen and oxygen atoms in total. The molecule has 0 aliphatic rings. The molecule has 0 amide bonds. The summed E-state index contributed by atoms with van der Waals surface area (Å²) in [7, 11) is 1.00. The number of nitro benzene ring substituents is 1. The van der Waals surface area contributed by atoms with Gasteiger partial charge in [-0.25, -0.2) is 0 Å². The molecule has 2 rings (SSSR count). The first-order chi connectivity index (χ1) is 11.0. The zero-order valence-electron chi connectivity index (χ0n) is 13.2. The van der Waals surface area contributed by atoms with Crippen LogP contribution in [0, 0.1) is 10.1 Å². The van der Waals surface area contributed by atoms with Crippen LogP contribution in [-0.2, 0) is 0 Å². The minimum atomic E-state index is -0.566. The molecule has 2 aromatic rings. The van der Waals surface area contributed by atoms with E-state index in [1.807, 2.05) is 13.8 Å². The summed E-state index contributed by atoms with van der Waals surface area (Å²) >= 11 is 0. The van der Waals surface area contributed by atoms with Crippen LogP contribution in [0.2, 0.25) is 0 Å². The quantitative estimate of drug-likeness (QED) is 0.519. The van der Waals surface area contributed by atoms with Crippen molar-refractivity contribution < 1.29 is 19.6 Å². The second kappa shape index (κ2) is 8.65. The fourth-order valence-corrected chi connectivity index (χ4v) is 1.95. The Balaban J connectivity index is 0.00000127. The molecule has 122 valence electrons. The lowest BCUT2D eigenvalue weighted by molar-refractivity contribution is -0.385. The zero-order valence-corrected chi connectivity index (χ0v) is 13.2. The topological polar surface area (TPSA) is 89.7 Å². The number of nitro groups is 1. The fourth-order valence-electron chi connectivity index (χ4n) is 1.95. The van der Waals surface area contributed by atoms with Gasteiger partial charge in [0.25, 0.3) is 5.69 Å². The molecule has 1 N–H and O–H groups in total. The van der Waals surface area contributed by atoms with Crippen molar-refractivity contribution in [2.24, 2.45) is 0 Å². The van der Waals surface area contributed by atoms with Gasteiger partial charge < -0.3 is 9.84 Å². The number of ketones is 1. The lowest BCUT2D eigenvalue weighted by atomic mass is 10.0. The summed E-state index contributed by atoms with van der Waals surface area (Å²) in [6.45, 7) is 3.66. The van der Waals surface area contributed by atoms with Crippen LogP contribution in [0.3, 0.4) is 0 Å². The number of hydrogen-bond donors (Lipinski definition) is 1. The highest BCUT2D eigenvalue weighted by molar-refractivity contribution is 6.11. The molecule has 0 spiro atoms. The highest BCUT2D eigenvalue weighted by Crippen LogP contribution is 2.27. The molecule has 2 aromatic carbocycles. The van der Waals surface area contributed by atoms with Crippen molar-refractivity contribution in [2.75, 3.05) is 7.11 Å². The van der Waals surface area contributed by atoms with Crippen LogP contribution >= 0.6 is 0 Å². The third-order valence-electron chi connectivity index (χ3n) is 2.82. The summed E-state index contributed by atoms with van der Waals surface area (Å²) in [5.74, 6) is -0.000270. The molecule has 0 heterocycles. The van der Waals surface area contributed by atoms with Crippen LogP contribution in [0.15, 0.2) is 48.5 Å². The van der Waals surface area contributed by atoms with E-state index in [9.17, 15) is 14.9 Å². The predicted octanol–water partition coefficient (Wildman–Crippen LogP) is 3.22. The van der Waals surface area contributed by atoms with E-state index in [2.05, 4.69) is 0 Å². The largest absolute Gasteiger partial charge is 0.491 e. The number of carbonyl (C=O) groups is 1. The van der Waals surface area contributed by atoms with Gasteiger partial charge in [0.1, 0.15) is 11.3 Å². The molecule has 0 bridgehead atoms. The summed E-state index contributed by atoms with van der Waals surface area (Å²) in [6, 6.07) is 12.8. The number of rotatable bonds is 5. The van der Waals surface area contributed by atoms with Gasteiger partial charge in [0, 0.05) is 12.7 Å². The van der Waals surface area contributed by atoms with Gasteiger partial charge in [0.2, 0.25) is 0 Å². The van der Waals surface area contributed by atoms with Gasteiger partial charge in [0.05, 0.1) is 17.1 Å². The molecule has 0 atom stereocenters. The number of aliphatic hydroxyl groups is 1. The summed E-state index contributed by atoms with van der Waals surface area (Å²) in [5, 5.41) is 18.2. The van der Waals surface area contributed by atoms with Crippen LogP contribution in [-0.4, -0.2) is 29.0 Å². The van der Waals surface area contributed by atoms with Gasteiger partial charge in [-0.15, -0.1) is 0 Å². The smallest absolute Gasteiger partial charge is 0.284 e. The maximum Gasteiger partial charge on any atom is 0.284 e. The number of ether oxygens (including phenoxy) is 1. The number of benzene rings is 2. The molecule has 0 fully saturated rings. The molecular weight excluding hydrogens is 298 g/mol. The fraction of sp³-hybridized carbons (Fsp3) is 0.235. The van der Waals surface area contributed by atoms with Crippen molar-refractivity contribution in [3.63, 3.8) is 0 Å². The molecule has 0 aromatic heterocycles. The Morgan fingerprint density at radius 3 is 2.26 bits per heavy atom. The molecule has 6 heteroatoms. The van der Waals surface area contributed by atoms with E-state index < -0.39 is 4.92 Å². The highest BCUT2D eigenvalue weighted by Gasteiger charge is 2.22. The van der Waals surface area contributed by atoms with Gasteiger partial charge in [0.15, 0.2) is 5.78 Å². The Bertz CT molecular complexity index is 668. The molecule has 0 saturated heterocycles. The standard InChI is InChI=1S/C16H15NO4.CH4O/c1-11(2)21-13-8-9-14(15(10-13)17(19)20)16(18)12-6-4-3-5-7-12;1-2/h3-11H,1-2H3;2H,1H3. The lowest BCUT2D eigenvalue weighted by Gasteiger charge is -2.10. The molecule has 23 heavy (non-hydrogen) atoms. The van der Waals surface area contributed by atoms with Gasteiger partial charge in [-0.3, -0.25) is 14.9 Å². The predicted molar refractivity (Wildman–Crippen MR) is 86.9 cm³/mol. The van der Waals surface area contributed by atoms with E-state index in [1.54, 1.807) is 36.4 Å². The van der Waals surface area contributed by atoms with Gasteiger partial charge in [-0.1, -0.05) is 30.3 Å². The monoisotopic (exact) mass is 317 g/mol. The third-order valence-corrected chi connectivity index (χ3v) is 2.82. The van der Waals surface area contributed by atoms with Gasteiger partial charge in [-0.2, -0.15) is 0 Å². The lowest BCUT2D eigenvalue weighted by Crippen LogP contribution is -2.08. The van der Waals surface area contributed by atoms with Crippen molar-refractivity contribution in [2.45, 2.75) is 20.0 Å². The van der Waals surface area contributed by atoms with Crippen LogP contribution in [0.1, 0.15) is 29.8 Å². The SMILES string of the molecule is CC(C)Oc1ccc(C(=O)c2ccccc2)c([N+](=O)[O-])c1.CO. The first kappa shape index (κ1) is 18.3. The first-order valence-corrected chi connectivity index (χ1v) is 6.98. The van der Waals surface area contributed by atoms with Crippen molar-refractivity contribution in [3.05, 3.63) is 69.8 Å². The molecule has 0 radical (unpaired) electrons. The zero-order chi connectivity index (χ0) is 17.4. The molecule has 0 unspecified atom stereocenters. The Morgan fingerprint density at radius 2 is 1.74 bits per heavy atom. The maximum absolute atomic E-state index is 12.4. The van der Waals surface area contributed by atoms with Crippen molar-refractivity contribution in [1.82, 2.24) is 0 Å². The molecular formula is C17H19NO5. The first-order valence-electron chi connectivity index (χ1n) is 6.98. The second-order valence-corrected chi connectivity index (χ2v) is 4.80. The van der Waals surface area contributed by atoms with Gasteiger partial charge >= 0.3 is 0 Å². The van der Waals surface area contributed by atoms with E-state index in [-0.39, 0.29) is 23.1 Å². The third kappa shape index (κ3) is 4.89. The Hall–Kier alpha value is -2.73. The molecule has 0 aliphatic carbocycles. The van der Waals surface area contributed by atoms with Crippen molar-refractivity contribution >= 4 is 11.5 Å². The Labute approximate surface area is 134 Å². The van der Waals surface area contributed by atoms with E-state index in [0.717, 1.165) is 7.11 Å². The number of aliphatic hydroxyl groups excluding tert-OH is 1. The highest BCUT2D eigenvalue weighted by atomic mass is 16.6. The van der Waals surface area contributed by atoms with Crippen LogP contribution in [0.4, 0.5) is 5.69 Å². The van der Waals surface area contributed by atoms with Crippen molar-refractivity contribution in [1.29, 1.82) is 0 Å². The number of carbonyl (C=O) groups excluding carboxylic acids is 1. The normalized spacial score (nSPS) is 9.78. The Kier molecular flexibility index (Phi) is 6.89. The average Bonchev–Trinajstić information content (AvgIpc) is 2.56. The Morgan fingerprint density at radius 1 is 1.13 bits per heavy atom. The minimum absolute atomic E-state index is 0.0577. The molecule has 0 aliphatic heterocycles. The summed E-state index contributed by atoms with van der Waals surface area (Å²) < 4.78 is 5.43. The van der Waals surface area contributed by atoms with Crippen LogP contribution in [0.25, 0.3) is 0 Å². The van der Waals surface area contributed by atoms with E-state index >= 15 is 0 Å². The summed E-state index contributed by atoms with van der Waals surface area (Å²) in [6.07, 6.45) is -0.0970. The van der Waals surface area contributed by atoms with Gasteiger partial charge in [-0.05, 0) is 26.0 Å². The van der Waals surface area contributed by atoms with E-state index in [0.29, 0.717) is 11.3 Å². The van der Waals surface area contributed by atoms with E-state index in [1.165, 1.54) is 12.1 Å². The molecule has 0 saturated carbocycles. The van der Waals surface area contributed by atoms with Crippen molar-refractivity contribution in [3.8, 4) is 5.75 Å². The summed E-state index contributed by atoms with van der Waals surface area (Å²) in [4.78, 5) is 23.0. The van der Waals surface area contributed by atoms with E-state index in [4.69, 9.17) is 9.84 Å². The second-order valence-electron chi connectivity index (χ2n) is 4.80.